The molecule has 1 heterocycles. The monoisotopic (exact) mass is 325 g/mol. The molecule has 2 rings (SSSR count). The van der Waals surface area contributed by atoms with E-state index in [-0.39, 0.29) is 11.9 Å². The second-order valence-electron chi connectivity index (χ2n) is 4.44. The zero-order valence-corrected chi connectivity index (χ0v) is 12.6. The third-order valence-corrected chi connectivity index (χ3v) is 3.76. The van der Waals surface area contributed by atoms with Crippen molar-refractivity contribution in [1.82, 2.24) is 15.1 Å². The average molecular weight is 326 g/mol. The zero-order chi connectivity index (χ0) is 13.8. The van der Waals surface area contributed by atoms with Crippen LogP contribution in [0.25, 0.3) is 0 Å². The number of rotatable bonds is 5. The summed E-state index contributed by atoms with van der Waals surface area (Å²) in [6.07, 6.45) is 2.90. The summed E-state index contributed by atoms with van der Waals surface area (Å²) in [6, 6.07) is 6.92. The molecule has 0 amide bonds. The van der Waals surface area contributed by atoms with Crippen molar-refractivity contribution >= 4 is 15.9 Å². The Labute approximate surface area is 121 Å². The predicted octanol–water partition coefficient (Wildman–Crippen LogP) is 3.41. The number of halogens is 2. The highest BCUT2D eigenvalue weighted by atomic mass is 79.9. The molecule has 2 aromatic rings. The van der Waals surface area contributed by atoms with Crippen molar-refractivity contribution in [2.24, 2.45) is 7.05 Å². The molecule has 0 aliphatic carbocycles. The third kappa shape index (κ3) is 3.22. The van der Waals surface area contributed by atoms with Crippen molar-refractivity contribution in [2.75, 3.05) is 6.54 Å². The number of aromatic nitrogens is 2. The van der Waals surface area contributed by atoms with E-state index in [0.717, 1.165) is 24.2 Å². The number of nitrogens with zero attached hydrogens (tertiary/aromatic N) is 2. The van der Waals surface area contributed by atoms with Crippen molar-refractivity contribution in [3.8, 4) is 0 Å². The van der Waals surface area contributed by atoms with Crippen LogP contribution in [-0.4, -0.2) is 16.3 Å². The highest BCUT2D eigenvalue weighted by Gasteiger charge is 2.19. The first-order valence-electron chi connectivity index (χ1n) is 6.30. The van der Waals surface area contributed by atoms with Gasteiger partial charge in [-0.15, -0.1) is 0 Å². The van der Waals surface area contributed by atoms with Gasteiger partial charge in [0.1, 0.15) is 5.82 Å². The lowest BCUT2D eigenvalue weighted by Crippen LogP contribution is -2.24. The second-order valence-corrected chi connectivity index (χ2v) is 5.24. The molecule has 0 radical (unpaired) electrons. The SMILES string of the molecule is CCCNC(c1ccn(C)n1)c1cccc(F)c1Br. The summed E-state index contributed by atoms with van der Waals surface area (Å²) in [5, 5.41) is 7.83. The van der Waals surface area contributed by atoms with E-state index in [1.807, 2.05) is 25.4 Å². The molecular weight excluding hydrogens is 309 g/mol. The van der Waals surface area contributed by atoms with Gasteiger partial charge in [0.25, 0.3) is 0 Å². The highest BCUT2D eigenvalue weighted by molar-refractivity contribution is 9.10. The number of hydrogen-bond donors (Lipinski definition) is 1. The van der Waals surface area contributed by atoms with Gasteiger partial charge in [-0.25, -0.2) is 4.39 Å². The molecule has 5 heteroatoms. The van der Waals surface area contributed by atoms with Gasteiger partial charge in [-0.1, -0.05) is 19.1 Å². The van der Waals surface area contributed by atoms with Gasteiger partial charge in [-0.05, 0) is 46.6 Å². The molecule has 0 aliphatic rings. The number of nitrogens with one attached hydrogen (secondary N) is 1. The Morgan fingerprint density at radius 1 is 1.42 bits per heavy atom. The molecule has 0 saturated heterocycles. The summed E-state index contributed by atoms with van der Waals surface area (Å²) in [4.78, 5) is 0. The van der Waals surface area contributed by atoms with Crippen molar-refractivity contribution in [3.63, 3.8) is 0 Å². The van der Waals surface area contributed by atoms with E-state index >= 15 is 0 Å². The summed E-state index contributed by atoms with van der Waals surface area (Å²) in [7, 11) is 1.88. The van der Waals surface area contributed by atoms with Gasteiger partial charge in [0, 0.05) is 13.2 Å². The first kappa shape index (κ1) is 14.2. The maximum absolute atomic E-state index is 13.7. The fourth-order valence-electron chi connectivity index (χ4n) is 1.99. The van der Waals surface area contributed by atoms with Gasteiger partial charge in [0.05, 0.1) is 16.2 Å². The van der Waals surface area contributed by atoms with Gasteiger partial charge >= 0.3 is 0 Å². The Hall–Kier alpha value is -1.20. The standard InChI is InChI=1S/C14H17BrFN3/c1-3-8-17-14(12-7-9-19(2)18-12)10-5-4-6-11(16)13(10)15/h4-7,9,14,17H,3,8H2,1-2H3. The third-order valence-electron chi connectivity index (χ3n) is 2.92. The van der Waals surface area contributed by atoms with E-state index in [2.05, 4.69) is 33.3 Å². The Bertz CT molecular complexity index is 553. The Kier molecular flexibility index (Phi) is 4.71. The molecule has 0 aliphatic heterocycles. The first-order valence-corrected chi connectivity index (χ1v) is 7.09. The lowest BCUT2D eigenvalue weighted by molar-refractivity contribution is 0.563. The lowest BCUT2D eigenvalue weighted by atomic mass is 10.0. The van der Waals surface area contributed by atoms with E-state index < -0.39 is 0 Å². The maximum Gasteiger partial charge on any atom is 0.137 e. The molecule has 1 N–H and O–H groups in total. The van der Waals surface area contributed by atoms with Crippen LogP contribution in [0, 0.1) is 5.82 Å². The van der Waals surface area contributed by atoms with Crippen LogP contribution in [0.2, 0.25) is 0 Å². The Morgan fingerprint density at radius 2 is 2.21 bits per heavy atom. The maximum atomic E-state index is 13.7. The molecule has 1 aromatic heterocycles. The molecule has 0 spiro atoms. The largest absolute Gasteiger partial charge is 0.305 e. The van der Waals surface area contributed by atoms with Crippen LogP contribution in [-0.2, 0) is 7.05 Å². The lowest BCUT2D eigenvalue weighted by Gasteiger charge is -2.18. The van der Waals surface area contributed by atoms with Crippen molar-refractivity contribution in [1.29, 1.82) is 0 Å². The zero-order valence-electron chi connectivity index (χ0n) is 11.0. The van der Waals surface area contributed by atoms with Crippen molar-refractivity contribution in [3.05, 3.63) is 52.0 Å². The number of benzene rings is 1. The van der Waals surface area contributed by atoms with Crippen LogP contribution in [0.5, 0.6) is 0 Å². The predicted molar refractivity (Wildman–Crippen MR) is 77.4 cm³/mol. The summed E-state index contributed by atoms with van der Waals surface area (Å²) in [5.74, 6) is -0.253. The summed E-state index contributed by atoms with van der Waals surface area (Å²) in [6.45, 7) is 2.95. The average Bonchev–Trinajstić information content (AvgIpc) is 2.81. The minimum absolute atomic E-state index is 0.105. The normalized spacial score (nSPS) is 12.6. The summed E-state index contributed by atoms with van der Waals surface area (Å²) >= 11 is 3.33. The van der Waals surface area contributed by atoms with Gasteiger partial charge in [0.15, 0.2) is 0 Å². The van der Waals surface area contributed by atoms with Crippen LogP contribution in [0.3, 0.4) is 0 Å². The molecule has 1 atom stereocenters. The fourth-order valence-corrected chi connectivity index (χ4v) is 2.49. The Morgan fingerprint density at radius 3 is 2.84 bits per heavy atom. The number of hydrogen-bond acceptors (Lipinski definition) is 2. The van der Waals surface area contributed by atoms with Crippen LogP contribution >= 0.6 is 15.9 Å². The minimum Gasteiger partial charge on any atom is -0.305 e. The molecule has 102 valence electrons. The second kappa shape index (κ2) is 6.30. The van der Waals surface area contributed by atoms with Crippen LogP contribution < -0.4 is 5.32 Å². The quantitative estimate of drug-likeness (QED) is 0.912. The topological polar surface area (TPSA) is 29.9 Å². The van der Waals surface area contributed by atoms with E-state index in [1.54, 1.807) is 10.7 Å². The van der Waals surface area contributed by atoms with Crippen LogP contribution in [0.15, 0.2) is 34.9 Å². The molecule has 0 fully saturated rings. The summed E-state index contributed by atoms with van der Waals surface area (Å²) < 4.78 is 15.9. The molecule has 3 nitrogen and oxygen atoms in total. The van der Waals surface area contributed by atoms with E-state index in [9.17, 15) is 4.39 Å². The van der Waals surface area contributed by atoms with E-state index in [4.69, 9.17) is 0 Å². The molecule has 0 saturated carbocycles. The van der Waals surface area contributed by atoms with E-state index in [1.165, 1.54) is 6.07 Å². The smallest absolute Gasteiger partial charge is 0.137 e. The fraction of sp³-hybridized carbons (Fsp3) is 0.357. The summed E-state index contributed by atoms with van der Waals surface area (Å²) in [5.41, 5.74) is 1.76. The van der Waals surface area contributed by atoms with E-state index in [0.29, 0.717) is 4.47 Å². The first-order chi connectivity index (χ1) is 9.13. The van der Waals surface area contributed by atoms with Gasteiger partial charge in [-0.2, -0.15) is 5.10 Å². The highest BCUT2D eigenvalue weighted by Crippen LogP contribution is 2.29. The van der Waals surface area contributed by atoms with Crippen molar-refractivity contribution in [2.45, 2.75) is 19.4 Å². The Balaban J connectivity index is 2.39. The number of aryl methyl sites for hydroxylation is 1. The van der Waals surface area contributed by atoms with Crippen molar-refractivity contribution < 1.29 is 4.39 Å². The molecule has 0 bridgehead atoms. The molecular formula is C14H17BrFN3. The van der Waals surface area contributed by atoms with Gasteiger partial charge < -0.3 is 5.32 Å². The van der Waals surface area contributed by atoms with Crippen LogP contribution in [0.4, 0.5) is 4.39 Å². The molecule has 1 aromatic carbocycles. The molecule has 1 unspecified atom stereocenters. The van der Waals surface area contributed by atoms with Gasteiger partial charge in [0.2, 0.25) is 0 Å². The van der Waals surface area contributed by atoms with Gasteiger partial charge in [-0.3, -0.25) is 4.68 Å². The minimum atomic E-state index is -0.253. The van der Waals surface area contributed by atoms with Crippen LogP contribution in [0.1, 0.15) is 30.6 Å². The molecule has 19 heavy (non-hydrogen) atoms.